The van der Waals surface area contributed by atoms with Gasteiger partial charge in [0.05, 0.1) is 18.5 Å². The second kappa shape index (κ2) is 8.19. The van der Waals surface area contributed by atoms with E-state index in [9.17, 15) is 8.42 Å². The molecule has 6 heteroatoms. The van der Waals surface area contributed by atoms with Crippen molar-refractivity contribution in [2.24, 2.45) is 0 Å². The summed E-state index contributed by atoms with van der Waals surface area (Å²) in [7, 11) is -3.13. The SMILES string of the molecule is CCCNCCCCS(=O)(=O)N1CC(C)OCC1C. The summed E-state index contributed by atoms with van der Waals surface area (Å²) in [6.45, 7) is 8.84. The van der Waals surface area contributed by atoms with Gasteiger partial charge in [-0.15, -0.1) is 0 Å². The van der Waals surface area contributed by atoms with Gasteiger partial charge in [0.1, 0.15) is 0 Å². The van der Waals surface area contributed by atoms with Crippen LogP contribution in [-0.4, -0.2) is 56.9 Å². The van der Waals surface area contributed by atoms with E-state index in [0.717, 1.165) is 32.4 Å². The van der Waals surface area contributed by atoms with Crippen LogP contribution in [0.5, 0.6) is 0 Å². The van der Waals surface area contributed by atoms with Crippen LogP contribution >= 0.6 is 0 Å². The van der Waals surface area contributed by atoms with Gasteiger partial charge >= 0.3 is 0 Å². The average Bonchev–Trinajstić information content (AvgIpc) is 2.36. The molecule has 0 bridgehead atoms. The molecule has 0 radical (unpaired) electrons. The fourth-order valence-electron chi connectivity index (χ4n) is 2.21. The van der Waals surface area contributed by atoms with Gasteiger partial charge in [-0.25, -0.2) is 8.42 Å². The average molecular weight is 292 g/mol. The predicted molar refractivity (Wildman–Crippen MR) is 77.8 cm³/mol. The molecule has 1 rings (SSSR count). The second-order valence-electron chi connectivity index (χ2n) is 5.34. The van der Waals surface area contributed by atoms with Crippen molar-refractivity contribution < 1.29 is 13.2 Å². The first-order chi connectivity index (χ1) is 8.97. The van der Waals surface area contributed by atoms with E-state index in [1.54, 1.807) is 4.31 Å². The number of hydrogen-bond acceptors (Lipinski definition) is 4. The van der Waals surface area contributed by atoms with Gasteiger partial charge in [0.25, 0.3) is 0 Å². The molecule has 1 heterocycles. The Labute approximate surface area is 117 Å². The quantitative estimate of drug-likeness (QED) is 0.683. The third-order valence-corrected chi connectivity index (χ3v) is 5.37. The zero-order chi connectivity index (χ0) is 14.3. The largest absolute Gasteiger partial charge is 0.375 e. The van der Waals surface area contributed by atoms with Crippen molar-refractivity contribution >= 4 is 10.0 Å². The molecule has 1 aliphatic heterocycles. The number of morpholine rings is 1. The summed E-state index contributed by atoms with van der Waals surface area (Å²) >= 11 is 0. The summed E-state index contributed by atoms with van der Waals surface area (Å²) in [5.41, 5.74) is 0. The van der Waals surface area contributed by atoms with E-state index in [-0.39, 0.29) is 17.9 Å². The molecule has 0 amide bonds. The van der Waals surface area contributed by atoms with Crippen molar-refractivity contribution in [2.75, 3.05) is 32.0 Å². The zero-order valence-corrected chi connectivity index (χ0v) is 13.2. The van der Waals surface area contributed by atoms with E-state index in [1.165, 1.54) is 0 Å². The van der Waals surface area contributed by atoms with E-state index in [2.05, 4.69) is 12.2 Å². The number of nitrogens with one attached hydrogen (secondary N) is 1. The van der Waals surface area contributed by atoms with Crippen LogP contribution in [0, 0.1) is 0 Å². The Kier molecular flexibility index (Phi) is 7.28. The molecule has 0 aliphatic carbocycles. The van der Waals surface area contributed by atoms with E-state index in [4.69, 9.17) is 4.74 Å². The lowest BCUT2D eigenvalue weighted by molar-refractivity contribution is -0.0170. The Morgan fingerprint density at radius 3 is 2.68 bits per heavy atom. The first-order valence-electron chi connectivity index (χ1n) is 7.29. The van der Waals surface area contributed by atoms with Crippen LogP contribution in [0.1, 0.15) is 40.0 Å². The van der Waals surface area contributed by atoms with Gasteiger partial charge in [-0.3, -0.25) is 0 Å². The van der Waals surface area contributed by atoms with Crippen LogP contribution in [0.15, 0.2) is 0 Å². The fourth-order valence-corrected chi connectivity index (χ4v) is 4.06. The van der Waals surface area contributed by atoms with E-state index < -0.39 is 10.0 Å². The van der Waals surface area contributed by atoms with Crippen LogP contribution in [0.2, 0.25) is 0 Å². The predicted octanol–water partition coefficient (Wildman–Crippen LogP) is 1.21. The summed E-state index contributed by atoms with van der Waals surface area (Å²) in [5, 5.41) is 3.29. The molecule has 5 nitrogen and oxygen atoms in total. The molecule has 114 valence electrons. The second-order valence-corrected chi connectivity index (χ2v) is 7.38. The maximum atomic E-state index is 12.3. The number of ether oxygens (including phenoxy) is 1. The number of rotatable bonds is 8. The highest BCUT2D eigenvalue weighted by Crippen LogP contribution is 2.17. The molecule has 2 atom stereocenters. The Morgan fingerprint density at radius 1 is 1.26 bits per heavy atom. The highest BCUT2D eigenvalue weighted by Gasteiger charge is 2.32. The molecule has 2 unspecified atom stereocenters. The lowest BCUT2D eigenvalue weighted by atomic mass is 10.2. The molecule has 1 aliphatic rings. The third-order valence-electron chi connectivity index (χ3n) is 3.34. The van der Waals surface area contributed by atoms with Gasteiger partial charge in [0.15, 0.2) is 0 Å². The van der Waals surface area contributed by atoms with E-state index in [0.29, 0.717) is 13.2 Å². The van der Waals surface area contributed by atoms with Gasteiger partial charge in [-0.05, 0) is 46.2 Å². The molecule has 19 heavy (non-hydrogen) atoms. The minimum atomic E-state index is -3.13. The van der Waals surface area contributed by atoms with Crippen molar-refractivity contribution in [1.29, 1.82) is 0 Å². The molecule has 0 aromatic heterocycles. The van der Waals surface area contributed by atoms with Crippen molar-refractivity contribution in [3.05, 3.63) is 0 Å². The minimum absolute atomic E-state index is 0.00260. The molecule has 0 aromatic carbocycles. The standard InChI is InChI=1S/C13H28N2O3S/c1-4-7-14-8-5-6-9-19(16,17)15-10-13(3)18-11-12(15)2/h12-14H,4-11H2,1-3H3. The Hall–Kier alpha value is -0.170. The Balaban J connectivity index is 2.34. The molecular weight excluding hydrogens is 264 g/mol. The lowest BCUT2D eigenvalue weighted by Crippen LogP contribution is -2.50. The first kappa shape index (κ1) is 16.9. The van der Waals surface area contributed by atoms with Crippen LogP contribution in [-0.2, 0) is 14.8 Å². The third kappa shape index (κ3) is 5.77. The highest BCUT2D eigenvalue weighted by molar-refractivity contribution is 7.89. The molecule has 0 saturated carbocycles. The number of hydrogen-bond donors (Lipinski definition) is 1. The zero-order valence-electron chi connectivity index (χ0n) is 12.4. The Bertz CT molecular complexity index is 346. The van der Waals surface area contributed by atoms with Crippen LogP contribution < -0.4 is 5.32 Å². The van der Waals surface area contributed by atoms with Gasteiger partial charge < -0.3 is 10.1 Å². The van der Waals surface area contributed by atoms with Gasteiger partial charge in [0, 0.05) is 12.6 Å². The molecule has 1 saturated heterocycles. The maximum Gasteiger partial charge on any atom is 0.214 e. The van der Waals surface area contributed by atoms with Gasteiger partial charge in [-0.1, -0.05) is 6.92 Å². The summed E-state index contributed by atoms with van der Waals surface area (Å²) in [5.74, 6) is 0.248. The van der Waals surface area contributed by atoms with Crippen LogP contribution in [0.4, 0.5) is 0 Å². The topological polar surface area (TPSA) is 58.6 Å². The summed E-state index contributed by atoms with van der Waals surface area (Å²) < 4.78 is 31.6. The smallest absolute Gasteiger partial charge is 0.214 e. The molecule has 1 N–H and O–H groups in total. The van der Waals surface area contributed by atoms with E-state index in [1.807, 2.05) is 13.8 Å². The van der Waals surface area contributed by atoms with Crippen LogP contribution in [0.3, 0.4) is 0 Å². The van der Waals surface area contributed by atoms with Gasteiger partial charge in [0.2, 0.25) is 10.0 Å². The molecule has 0 aromatic rings. The number of unbranched alkanes of at least 4 members (excludes halogenated alkanes) is 1. The van der Waals surface area contributed by atoms with Crippen molar-refractivity contribution in [2.45, 2.75) is 52.2 Å². The fraction of sp³-hybridized carbons (Fsp3) is 1.00. The molecule has 0 spiro atoms. The van der Waals surface area contributed by atoms with Crippen molar-refractivity contribution in [3.8, 4) is 0 Å². The summed E-state index contributed by atoms with van der Waals surface area (Å²) in [4.78, 5) is 0. The maximum absolute atomic E-state index is 12.3. The molecular formula is C13H28N2O3S. The number of sulfonamides is 1. The lowest BCUT2D eigenvalue weighted by Gasteiger charge is -2.35. The first-order valence-corrected chi connectivity index (χ1v) is 8.90. The van der Waals surface area contributed by atoms with Crippen molar-refractivity contribution in [3.63, 3.8) is 0 Å². The Morgan fingerprint density at radius 2 is 2.00 bits per heavy atom. The summed E-state index contributed by atoms with van der Waals surface area (Å²) in [6, 6.07) is -0.0422. The van der Waals surface area contributed by atoms with Gasteiger partial charge in [-0.2, -0.15) is 4.31 Å². The minimum Gasteiger partial charge on any atom is -0.375 e. The number of nitrogens with zero attached hydrogens (tertiary/aromatic N) is 1. The van der Waals surface area contributed by atoms with E-state index >= 15 is 0 Å². The van der Waals surface area contributed by atoms with Crippen LogP contribution in [0.25, 0.3) is 0 Å². The molecule has 1 fully saturated rings. The summed E-state index contributed by atoms with van der Waals surface area (Å²) in [6.07, 6.45) is 2.74. The van der Waals surface area contributed by atoms with Crippen molar-refractivity contribution in [1.82, 2.24) is 9.62 Å². The normalized spacial score (nSPS) is 25.6. The highest BCUT2D eigenvalue weighted by atomic mass is 32.2. The monoisotopic (exact) mass is 292 g/mol.